The maximum Gasteiger partial charge on any atom is 0.170 e. The zero-order valence-corrected chi connectivity index (χ0v) is 12.4. The Morgan fingerprint density at radius 2 is 2.11 bits per heavy atom. The number of aryl methyl sites for hydroxylation is 1. The monoisotopic (exact) mass is 266 g/mol. The summed E-state index contributed by atoms with van der Waals surface area (Å²) in [7, 11) is 1.68. The van der Waals surface area contributed by atoms with Crippen molar-refractivity contribution in [1.29, 1.82) is 0 Å². The summed E-state index contributed by atoms with van der Waals surface area (Å²) in [6.07, 6.45) is 0. The van der Waals surface area contributed by atoms with Crippen molar-refractivity contribution in [3.63, 3.8) is 0 Å². The van der Waals surface area contributed by atoms with E-state index >= 15 is 0 Å². The minimum absolute atomic E-state index is 0.467. The van der Waals surface area contributed by atoms with Gasteiger partial charge in [0.2, 0.25) is 0 Å². The lowest BCUT2D eigenvalue weighted by Gasteiger charge is -2.18. The molecule has 0 amide bonds. The van der Waals surface area contributed by atoms with E-state index < -0.39 is 0 Å². The summed E-state index contributed by atoms with van der Waals surface area (Å²) >= 11 is 5.28. The van der Waals surface area contributed by atoms with Crippen LogP contribution in [-0.2, 0) is 4.74 Å². The van der Waals surface area contributed by atoms with Crippen LogP contribution in [0.2, 0.25) is 0 Å². The van der Waals surface area contributed by atoms with Gasteiger partial charge < -0.3 is 15.4 Å². The molecule has 4 heteroatoms. The molecule has 0 aliphatic rings. The SMILES string of the molecule is COCCNC(=S)Nc1c(C)cccc1C(C)C. The van der Waals surface area contributed by atoms with Crippen molar-refractivity contribution in [3.8, 4) is 0 Å². The average molecular weight is 266 g/mol. The molecule has 0 bridgehead atoms. The van der Waals surface area contributed by atoms with E-state index in [-0.39, 0.29) is 0 Å². The largest absolute Gasteiger partial charge is 0.383 e. The molecule has 0 aliphatic carbocycles. The zero-order chi connectivity index (χ0) is 13.5. The van der Waals surface area contributed by atoms with Crippen molar-refractivity contribution >= 4 is 23.0 Å². The van der Waals surface area contributed by atoms with E-state index in [0.29, 0.717) is 24.2 Å². The third-order valence-corrected chi connectivity index (χ3v) is 3.00. The molecular formula is C14H22N2OS. The maximum absolute atomic E-state index is 5.28. The topological polar surface area (TPSA) is 33.3 Å². The van der Waals surface area contributed by atoms with E-state index in [1.807, 2.05) is 0 Å². The second kappa shape index (κ2) is 7.34. The Morgan fingerprint density at radius 3 is 2.72 bits per heavy atom. The van der Waals surface area contributed by atoms with E-state index in [2.05, 4.69) is 49.6 Å². The highest BCUT2D eigenvalue weighted by atomic mass is 32.1. The molecule has 2 N–H and O–H groups in total. The Hall–Kier alpha value is -1.13. The Bertz CT molecular complexity index is 405. The molecular weight excluding hydrogens is 244 g/mol. The Morgan fingerprint density at radius 1 is 1.39 bits per heavy atom. The Kier molecular flexibility index (Phi) is 6.09. The van der Waals surface area contributed by atoms with Crippen molar-refractivity contribution < 1.29 is 4.74 Å². The van der Waals surface area contributed by atoms with E-state index in [4.69, 9.17) is 17.0 Å². The van der Waals surface area contributed by atoms with Crippen LogP contribution >= 0.6 is 12.2 Å². The molecule has 1 rings (SSSR count). The predicted octanol–water partition coefficient (Wildman–Crippen LogP) is 3.05. The highest BCUT2D eigenvalue weighted by Crippen LogP contribution is 2.27. The van der Waals surface area contributed by atoms with Crippen molar-refractivity contribution in [1.82, 2.24) is 5.32 Å². The number of benzene rings is 1. The summed E-state index contributed by atoms with van der Waals surface area (Å²) < 4.78 is 4.98. The van der Waals surface area contributed by atoms with Gasteiger partial charge in [-0.25, -0.2) is 0 Å². The molecule has 0 unspecified atom stereocenters. The number of rotatable bonds is 5. The molecule has 0 fully saturated rings. The van der Waals surface area contributed by atoms with Gasteiger partial charge in [-0.3, -0.25) is 0 Å². The fraction of sp³-hybridized carbons (Fsp3) is 0.500. The van der Waals surface area contributed by atoms with E-state index in [1.165, 1.54) is 11.1 Å². The molecule has 0 spiro atoms. The minimum atomic E-state index is 0.467. The summed E-state index contributed by atoms with van der Waals surface area (Å²) in [6, 6.07) is 6.31. The van der Waals surface area contributed by atoms with E-state index in [9.17, 15) is 0 Å². The molecule has 1 aromatic carbocycles. The minimum Gasteiger partial charge on any atom is -0.383 e. The molecule has 18 heavy (non-hydrogen) atoms. The lowest BCUT2D eigenvalue weighted by Crippen LogP contribution is -2.31. The molecule has 0 saturated heterocycles. The summed E-state index contributed by atoms with van der Waals surface area (Å²) in [6.45, 7) is 7.81. The van der Waals surface area contributed by atoms with Crippen LogP contribution in [0.4, 0.5) is 5.69 Å². The molecule has 0 aliphatic heterocycles. The molecule has 3 nitrogen and oxygen atoms in total. The van der Waals surface area contributed by atoms with Crippen molar-refractivity contribution in [2.45, 2.75) is 26.7 Å². The van der Waals surface area contributed by atoms with Crippen molar-refractivity contribution in [2.75, 3.05) is 25.6 Å². The first-order chi connectivity index (χ1) is 8.56. The second-order valence-electron chi connectivity index (χ2n) is 4.57. The quantitative estimate of drug-likeness (QED) is 0.634. The first kappa shape index (κ1) is 14.9. The molecule has 0 radical (unpaired) electrons. The van der Waals surface area contributed by atoms with Gasteiger partial charge in [0.15, 0.2) is 5.11 Å². The fourth-order valence-corrected chi connectivity index (χ4v) is 1.97. The van der Waals surface area contributed by atoms with Crippen LogP contribution in [0, 0.1) is 6.92 Å². The number of hydrogen-bond acceptors (Lipinski definition) is 2. The van der Waals surface area contributed by atoms with Crippen LogP contribution in [0.15, 0.2) is 18.2 Å². The van der Waals surface area contributed by atoms with E-state index in [0.717, 1.165) is 5.69 Å². The second-order valence-corrected chi connectivity index (χ2v) is 4.98. The van der Waals surface area contributed by atoms with Crippen molar-refractivity contribution in [2.24, 2.45) is 0 Å². The summed E-state index contributed by atoms with van der Waals surface area (Å²) in [5.41, 5.74) is 3.60. The first-order valence-electron chi connectivity index (χ1n) is 6.19. The van der Waals surface area contributed by atoms with Crippen LogP contribution in [-0.4, -0.2) is 25.4 Å². The molecule has 100 valence electrons. The van der Waals surface area contributed by atoms with Gasteiger partial charge in [0.05, 0.1) is 6.61 Å². The van der Waals surface area contributed by atoms with Crippen LogP contribution in [0.5, 0.6) is 0 Å². The fourth-order valence-electron chi connectivity index (χ4n) is 1.77. The summed E-state index contributed by atoms with van der Waals surface area (Å²) in [5.74, 6) is 0.467. The lowest BCUT2D eigenvalue weighted by atomic mass is 9.98. The van der Waals surface area contributed by atoms with Gasteiger partial charge in [-0.15, -0.1) is 0 Å². The maximum atomic E-state index is 5.28. The standard InChI is InChI=1S/C14H22N2OS/c1-10(2)12-7-5-6-11(3)13(12)16-14(18)15-8-9-17-4/h5-7,10H,8-9H2,1-4H3,(H2,15,16,18). The number of thiocarbonyl (C=S) groups is 1. The number of anilines is 1. The number of para-hydroxylation sites is 1. The Labute approximate surface area is 115 Å². The van der Waals surface area contributed by atoms with Gasteiger partial charge in [-0.05, 0) is 36.2 Å². The van der Waals surface area contributed by atoms with Crippen molar-refractivity contribution in [3.05, 3.63) is 29.3 Å². The highest BCUT2D eigenvalue weighted by Gasteiger charge is 2.09. The average Bonchev–Trinajstić information content (AvgIpc) is 2.31. The van der Waals surface area contributed by atoms with Crippen LogP contribution in [0.1, 0.15) is 30.9 Å². The van der Waals surface area contributed by atoms with Gasteiger partial charge in [-0.2, -0.15) is 0 Å². The van der Waals surface area contributed by atoms with Crippen LogP contribution in [0.3, 0.4) is 0 Å². The van der Waals surface area contributed by atoms with Crippen LogP contribution in [0.25, 0.3) is 0 Å². The predicted molar refractivity (Wildman–Crippen MR) is 81.4 cm³/mol. The Balaban J connectivity index is 2.74. The van der Waals surface area contributed by atoms with Gasteiger partial charge in [0, 0.05) is 19.3 Å². The first-order valence-corrected chi connectivity index (χ1v) is 6.60. The summed E-state index contributed by atoms with van der Waals surface area (Å²) in [4.78, 5) is 0. The third kappa shape index (κ3) is 4.27. The number of methoxy groups -OCH3 is 1. The van der Waals surface area contributed by atoms with Gasteiger partial charge >= 0.3 is 0 Å². The van der Waals surface area contributed by atoms with Crippen LogP contribution < -0.4 is 10.6 Å². The number of nitrogens with one attached hydrogen (secondary N) is 2. The normalized spacial score (nSPS) is 10.5. The van der Waals surface area contributed by atoms with E-state index in [1.54, 1.807) is 7.11 Å². The third-order valence-electron chi connectivity index (χ3n) is 2.76. The molecule has 0 atom stereocenters. The number of ether oxygens (including phenoxy) is 1. The summed E-state index contributed by atoms with van der Waals surface area (Å²) in [5, 5.41) is 7.05. The molecule has 1 aromatic rings. The highest BCUT2D eigenvalue weighted by molar-refractivity contribution is 7.80. The van der Waals surface area contributed by atoms with Gasteiger partial charge in [0.25, 0.3) is 0 Å². The van der Waals surface area contributed by atoms with Gasteiger partial charge in [-0.1, -0.05) is 32.0 Å². The molecule has 0 saturated carbocycles. The lowest BCUT2D eigenvalue weighted by molar-refractivity contribution is 0.204. The molecule has 0 aromatic heterocycles. The molecule has 0 heterocycles. The zero-order valence-electron chi connectivity index (χ0n) is 11.5. The number of hydrogen-bond donors (Lipinski definition) is 2. The van der Waals surface area contributed by atoms with Gasteiger partial charge in [0.1, 0.15) is 0 Å². The smallest absolute Gasteiger partial charge is 0.170 e.